The number of aliphatic carboxylic acids is 1. The van der Waals surface area contributed by atoms with E-state index in [2.05, 4.69) is 12.2 Å². The van der Waals surface area contributed by atoms with Crippen LogP contribution in [0.25, 0.3) is 0 Å². The number of hydrogen-bond donors (Lipinski definition) is 2. The van der Waals surface area contributed by atoms with E-state index in [0.717, 1.165) is 36.9 Å². The molecule has 24 heavy (non-hydrogen) atoms. The van der Waals surface area contributed by atoms with Crippen LogP contribution >= 0.6 is 0 Å². The largest absolute Gasteiger partial charge is 0.481 e. The van der Waals surface area contributed by atoms with Crippen molar-refractivity contribution in [3.05, 3.63) is 29.8 Å². The molecule has 5 heteroatoms. The number of amides is 1. The zero-order valence-corrected chi connectivity index (χ0v) is 14.4. The van der Waals surface area contributed by atoms with Gasteiger partial charge in [-0.25, -0.2) is 0 Å². The van der Waals surface area contributed by atoms with Crippen LogP contribution in [-0.4, -0.2) is 41.0 Å². The summed E-state index contributed by atoms with van der Waals surface area (Å²) in [5.41, 5.74) is 1.32. The molecule has 1 unspecified atom stereocenters. The van der Waals surface area contributed by atoms with Crippen LogP contribution in [-0.2, 0) is 16.0 Å². The fraction of sp³-hybridized carbons (Fsp3) is 0.579. The normalized spacial score (nSPS) is 27.7. The number of nitrogens with zero attached hydrogens (tertiary/aromatic N) is 1. The average Bonchev–Trinajstić information content (AvgIpc) is 3.12. The van der Waals surface area contributed by atoms with Gasteiger partial charge in [0.2, 0.25) is 5.91 Å². The standard InChI is InChI=1S/C19H26N2O3/c1-3-14-7-4-5-9-16(14)20-17(22)13(2)21-11-15-8-6-10-19(15,12-21)18(23)24/h4-5,7,9,13,15H,3,6,8,10-12H2,1-2H3,(H,20,22)(H,23,24)/t13?,15-,19+/m0/s1. The maximum Gasteiger partial charge on any atom is 0.311 e. The van der Waals surface area contributed by atoms with Gasteiger partial charge in [0.15, 0.2) is 0 Å². The SMILES string of the molecule is CCc1ccccc1NC(=O)C(C)N1C[C@@H]2CCC[C@@]2(C(=O)O)C1. The molecule has 2 aliphatic rings. The Labute approximate surface area is 143 Å². The van der Waals surface area contributed by atoms with E-state index in [1.807, 2.05) is 36.1 Å². The van der Waals surface area contributed by atoms with Gasteiger partial charge in [-0.15, -0.1) is 0 Å². The van der Waals surface area contributed by atoms with Crippen LogP contribution in [0.4, 0.5) is 5.69 Å². The fourth-order valence-electron chi connectivity index (χ4n) is 4.33. The summed E-state index contributed by atoms with van der Waals surface area (Å²) in [6.45, 7) is 5.13. The van der Waals surface area contributed by atoms with Crippen LogP contribution in [0, 0.1) is 11.3 Å². The number of nitrogens with one attached hydrogen (secondary N) is 1. The molecule has 2 fully saturated rings. The molecule has 3 atom stereocenters. The highest BCUT2D eigenvalue weighted by Gasteiger charge is 2.55. The first-order valence-corrected chi connectivity index (χ1v) is 8.84. The Hall–Kier alpha value is -1.88. The third kappa shape index (κ3) is 2.81. The molecule has 1 saturated heterocycles. The molecule has 1 saturated carbocycles. The summed E-state index contributed by atoms with van der Waals surface area (Å²) in [6.07, 6.45) is 3.53. The van der Waals surface area contributed by atoms with Crippen molar-refractivity contribution in [2.24, 2.45) is 11.3 Å². The molecular formula is C19H26N2O3. The number of para-hydroxylation sites is 1. The van der Waals surface area contributed by atoms with E-state index in [9.17, 15) is 14.7 Å². The van der Waals surface area contributed by atoms with Crippen molar-refractivity contribution in [3.63, 3.8) is 0 Å². The monoisotopic (exact) mass is 330 g/mol. The molecule has 130 valence electrons. The summed E-state index contributed by atoms with van der Waals surface area (Å²) in [4.78, 5) is 26.5. The van der Waals surface area contributed by atoms with Crippen molar-refractivity contribution < 1.29 is 14.7 Å². The lowest BCUT2D eigenvalue weighted by Gasteiger charge is -2.26. The molecular weight excluding hydrogens is 304 g/mol. The number of carboxylic acids is 1. The molecule has 1 aliphatic heterocycles. The molecule has 1 amide bonds. The lowest BCUT2D eigenvalue weighted by Crippen LogP contribution is -2.43. The van der Waals surface area contributed by atoms with Crippen LogP contribution in [0.3, 0.4) is 0 Å². The number of fused-ring (bicyclic) bond motifs is 1. The van der Waals surface area contributed by atoms with E-state index in [-0.39, 0.29) is 17.9 Å². The first-order valence-electron chi connectivity index (χ1n) is 8.84. The van der Waals surface area contributed by atoms with Crippen LogP contribution in [0.5, 0.6) is 0 Å². The summed E-state index contributed by atoms with van der Waals surface area (Å²) in [5.74, 6) is -0.582. The van der Waals surface area contributed by atoms with Crippen molar-refractivity contribution in [3.8, 4) is 0 Å². The minimum absolute atomic E-state index is 0.0589. The molecule has 0 spiro atoms. The number of carboxylic acid groups (broad SMARTS) is 1. The predicted octanol–water partition coefficient (Wildman–Crippen LogP) is 2.76. The second-order valence-corrected chi connectivity index (χ2v) is 7.16. The van der Waals surface area contributed by atoms with Crippen LogP contribution in [0.1, 0.15) is 38.7 Å². The van der Waals surface area contributed by atoms with Crippen molar-refractivity contribution in [1.29, 1.82) is 0 Å². The summed E-state index contributed by atoms with van der Waals surface area (Å²) < 4.78 is 0. The highest BCUT2D eigenvalue weighted by Crippen LogP contribution is 2.49. The Balaban J connectivity index is 1.70. The van der Waals surface area contributed by atoms with Gasteiger partial charge in [0.1, 0.15) is 0 Å². The van der Waals surface area contributed by atoms with Crippen LogP contribution in [0.2, 0.25) is 0 Å². The topological polar surface area (TPSA) is 69.6 Å². The van der Waals surface area contributed by atoms with Crippen LogP contribution < -0.4 is 5.32 Å². The molecule has 0 radical (unpaired) electrons. The van der Waals surface area contributed by atoms with Gasteiger partial charge in [0.05, 0.1) is 11.5 Å². The zero-order valence-electron chi connectivity index (χ0n) is 14.4. The van der Waals surface area contributed by atoms with Crippen LogP contribution in [0.15, 0.2) is 24.3 Å². The van der Waals surface area contributed by atoms with Crippen molar-refractivity contribution in [1.82, 2.24) is 4.90 Å². The van der Waals surface area contributed by atoms with Gasteiger partial charge in [-0.05, 0) is 43.7 Å². The Morgan fingerprint density at radius 1 is 1.42 bits per heavy atom. The number of carbonyl (C=O) groups is 2. The smallest absolute Gasteiger partial charge is 0.311 e. The number of likely N-dealkylation sites (tertiary alicyclic amines) is 1. The summed E-state index contributed by atoms with van der Waals surface area (Å²) in [5, 5.41) is 12.7. The molecule has 1 aliphatic carbocycles. The molecule has 2 N–H and O–H groups in total. The van der Waals surface area contributed by atoms with Gasteiger partial charge < -0.3 is 10.4 Å². The van der Waals surface area contributed by atoms with E-state index in [1.54, 1.807) is 0 Å². The number of rotatable bonds is 5. The average molecular weight is 330 g/mol. The number of hydrogen-bond acceptors (Lipinski definition) is 3. The molecule has 0 bridgehead atoms. The summed E-state index contributed by atoms with van der Waals surface area (Å²) in [7, 11) is 0. The third-order valence-electron chi connectivity index (χ3n) is 5.91. The molecule has 1 aromatic carbocycles. The maximum absolute atomic E-state index is 12.7. The van der Waals surface area contributed by atoms with E-state index in [4.69, 9.17) is 0 Å². The highest BCUT2D eigenvalue weighted by molar-refractivity contribution is 5.95. The molecule has 0 aromatic heterocycles. The Kier molecular flexibility index (Phi) is 4.63. The minimum Gasteiger partial charge on any atom is -0.481 e. The first kappa shape index (κ1) is 17.0. The number of aryl methyl sites for hydroxylation is 1. The van der Waals surface area contributed by atoms with Gasteiger partial charge in [-0.3, -0.25) is 14.5 Å². The van der Waals surface area contributed by atoms with E-state index >= 15 is 0 Å². The Bertz CT molecular complexity index is 645. The summed E-state index contributed by atoms with van der Waals surface area (Å²) >= 11 is 0. The summed E-state index contributed by atoms with van der Waals surface area (Å²) in [6, 6.07) is 7.49. The van der Waals surface area contributed by atoms with Crippen molar-refractivity contribution in [2.75, 3.05) is 18.4 Å². The second-order valence-electron chi connectivity index (χ2n) is 7.16. The van der Waals surface area contributed by atoms with Gasteiger partial charge in [-0.1, -0.05) is 31.5 Å². The second kappa shape index (κ2) is 6.55. The van der Waals surface area contributed by atoms with Gasteiger partial charge in [0, 0.05) is 18.8 Å². The highest BCUT2D eigenvalue weighted by atomic mass is 16.4. The van der Waals surface area contributed by atoms with E-state index in [1.165, 1.54) is 0 Å². The van der Waals surface area contributed by atoms with E-state index in [0.29, 0.717) is 13.1 Å². The lowest BCUT2D eigenvalue weighted by molar-refractivity contribution is -0.149. The molecule has 5 nitrogen and oxygen atoms in total. The Morgan fingerprint density at radius 3 is 2.83 bits per heavy atom. The lowest BCUT2D eigenvalue weighted by atomic mass is 9.81. The first-order chi connectivity index (χ1) is 11.5. The molecule has 1 heterocycles. The number of carbonyl (C=O) groups excluding carboxylic acids is 1. The predicted molar refractivity (Wildman–Crippen MR) is 92.9 cm³/mol. The van der Waals surface area contributed by atoms with Crippen molar-refractivity contribution in [2.45, 2.75) is 45.6 Å². The maximum atomic E-state index is 12.7. The molecule has 1 aromatic rings. The number of benzene rings is 1. The number of anilines is 1. The van der Waals surface area contributed by atoms with Crippen molar-refractivity contribution >= 4 is 17.6 Å². The Morgan fingerprint density at radius 2 is 2.17 bits per heavy atom. The molecule has 3 rings (SSSR count). The minimum atomic E-state index is -0.698. The quantitative estimate of drug-likeness (QED) is 0.871. The van der Waals surface area contributed by atoms with Gasteiger partial charge in [-0.2, -0.15) is 0 Å². The van der Waals surface area contributed by atoms with E-state index < -0.39 is 11.4 Å². The van der Waals surface area contributed by atoms with Gasteiger partial charge >= 0.3 is 5.97 Å². The third-order valence-corrected chi connectivity index (χ3v) is 5.91. The fourth-order valence-corrected chi connectivity index (χ4v) is 4.33. The zero-order chi connectivity index (χ0) is 17.3. The van der Waals surface area contributed by atoms with Gasteiger partial charge in [0.25, 0.3) is 0 Å².